The van der Waals surface area contributed by atoms with E-state index in [2.05, 4.69) is 10.1 Å². The molecule has 4 rings (SSSR count). The molecule has 10 heteroatoms. The van der Waals surface area contributed by atoms with E-state index in [1.165, 1.54) is 15.6 Å². The highest BCUT2D eigenvalue weighted by Gasteiger charge is 2.36. The molecule has 0 radical (unpaired) electrons. The molecule has 3 heterocycles. The Balaban J connectivity index is 1.55. The number of carbonyl (C=O) groups is 1. The minimum absolute atomic E-state index is 0.0435. The highest BCUT2D eigenvalue weighted by molar-refractivity contribution is 7.89. The van der Waals surface area contributed by atoms with Crippen LogP contribution in [0, 0.1) is 12.8 Å². The first-order valence-electron chi connectivity index (χ1n) is 10.6. The van der Waals surface area contributed by atoms with Crippen molar-refractivity contribution in [3.63, 3.8) is 0 Å². The van der Waals surface area contributed by atoms with Gasteiger partial charge in [-0.05, 0) is 52.5 Å². The van der Waals surface area contributed by atoms with Crippen LogP contribution >= 0.6 is 11.3 Å². The van der Waals surface area contributed by atoms with Crippen molar-refractivity contribution in [1.82, 2.24) is 19.3 Å². The maximum absolute atomic E-state index is 13.4. The summed E-state index contributed by atoms with van der Waals surface area (Å²) in [6.07, 6.45) is 3.53. The number of aromatic nitrogens is 2. The van der Waals surface area contributed by atoms with Crippen LogP contribution in [0.25, 0.3) is 10.7 Å². The van der Waals surface area contributed by atoms with Gasteiger partial charge in [0, 0.05) is 37.0 Å². The van der Waals surface area contributed by atoms with Crippen molar-refractivity contribution in [1.29, 1.82) is 0 Å². The van der Waals surface area contributed by atoms with Crippen molar-refractivity contribution in [2.75, 3.05) is 26.2 Å². The Bertz CT molecular complexity index is 1020. The summed E-state index contributed by atoms with van der Waals surface area (Å²) in [5.41, 5.74) is 0. The molecule has 1 aliphatic heterocycles. The zero-order valence-corrected chi connectivity index (χ0v) is 19.3. The first-order chi connectivity index (χ1) is 14.3. The molecule has 2 aromatic rings. The Morgan fingerprint density at radius 3 is 2.70 bits per heavy atom. The molecule has 1 saturated heterocycles. The van der Waals surface area contributed by atoms with E-state index in [-0.39, 0.29) is 23.3 Å². The van der Waals surface area contributed by atoms with Gasteiger partial charge in [-0.1, -0.05) is 5.16 Å². The third-order valence-corrected chi connectivity index (χ3v) is 9.05. The van der Waals surface area contributed by atoms with Crippen molar-refractivity contribution in [2.45, 2.75) is 57.3 Å². The average molecular weight is 453 g/mol. The molecule has 2 aliphatic rings. The van der Waals surface area contributed by atoms with Crippen LogP contribution < -0.4 is 0 Å². The van der Waals surface area contributed by atoms with Crippen LogP contribution in [-0.2, 0) is 14.8 Å². The topological polar surface area (TPSA) is 96.6 Å². The molecule has 0 unspecified atom stereocenters. The second kappa shape index (κ2) is 8.39. The van der Waals surface area contributed by atoms with Crippen LogP contribution in [0.1, 0.15) is 56.2 Å². The number of hydrogen-bond acceptors (Lipinski definition) is 7. The third kappa shape index (κ3) is 4.04. The monoisotopic (exact) mass is 452 g/mol. The highest BCUT2D eigenvalue weighted by Crippen LogP contribution is 2.41. The lowest BCUT2D eigenvalue weighted by Crippen LogP contribution is -2.46. The molecule has 0 aromatic carbocycles. The number of sulfonamides is 1. The molecule has 1 amide bonds. The summed E-state index contributed by atoms with van der Waals surface area (Å²) in [6, 6.07) is 1.65. The lowest BCUT2D eigenvalue weighted by atomic mass is 9.98. The molecule has 164 valence electrons. The zero-order chi connectivity index (χ0) is 21.5. The van der Waals surface area contributed by atoms with Crippen LogP contribution in [0.4, 0.5) is 0 Å². The van der Waals surface area contributed by atoms with Crippen LogP contribution in [0.2, 0.25) is 0 Å². The minimum Gasteiger partial charge on any atom is -0.343 e. The van der Waals surface area contributed by atoms with Gasteiger partial charge in [0.15, 0.2) is 0 Å². The fraction of sp³-hybridized carbons (Fsp3) is 0.650. The van der Waals surface area contributed by atoms with Gasteiger partial charge in [0.25, 0.3) is 0 Å². The van der Waals surface area contributed by atoms with E-state index in [9.17, 15) is 13.2 Å². The van der Waals surface area contributed by atoms with Crippen molar-refractivity contribution >= 4 is 27.3 Å². The standard InChI is InChI=1S/C20H28N4O4S2/c1-4-23(5-2)20(25)15-7-6-10-24(12-15)30(26,27)17-11-16(29-13(17)3)18-21-19(28-22-18)14-8-9-14/h11,14-15H,4-10,12H2,1-3H3/t15-/m0/s1. The first-order valence-corrected chi connectivity index (χ1v) is 12.8. The number of nitrogens with zero attached hydrogens (tertiary/aromatic N) is 4. The SMILES string of the molecule is CCN(CC)C(=O)[C@H]1CCCN(S(=O)(=O)c2cc(-c3noc(C4CC4)n3)sc2C)C1. The smallest absolute Gasteiger partial charge is 0.244 e. The number of thiophene rings is 1. The molecule has 1 saturated carbocycles. The van der Waals surface area contributed by atoms with E-state index in [1.54, 1.807) is 17.9 Å². The Kier molecular flexibility index (Phi) is 6.00. The van der Waals surface area contributed by atoms with E-state index < -0.39 is 10.0 Å². The Hall–Kier alpha value is -1.78. The van der Waals surface area contributed by atoms with Crippen molar-refractivity contribution in [3.8, 4) is 10.7 Å². The maximum atomic E-state index is 13.4. The number of aryl methyl sites for hydroxylation is 1. The zero-order valence-electron chi connectivity index (χ0n) is 17.6. The van der Waals surface area contributed by atoms with Gasteiger partial charge in [-0.3, -0.25) is 4.79 Å². The summed E-state index contributed by atoms with van der Waals surface area (Å²) in [5, 5.41) is 4.04. The minimum atomic E-state index is -3.70. The van der Waals surface area contributed by atoms with Crippen molar-refractivity contribution in [2.24, 2.45) is 5.92 Å². The van der Waals surface area contributed by atoms with Gasteiger partial charge in [-0.2, -0.15) is 9.29 Å². The maximum Gasteiger partial charge on any atom is 0.244 e. The van der Waals surface area contributed by atoms with Crippen LogP contribution in [0.3, 0.4) is 0 Å². The summed E-state index contributed by atoms with van der Waals surface area (Å²) >= 11 is 1.36. The summed E-state index contributed by atoms with van der Waals surface area (Å²) in [6.45, 7) is 7.63. The molecule has 8 nitrogen and oxygen atoms in total. The number of amides is 1. The molecule has 2 fully saturated rings. The summed E-state index contributed by atoms with van der Waals surface area (Å²) in [5.74, 6) is 1.19. The molecule has 1 atom stereocenters. The van der Waals surface area contributed by atoms with Gasteiger partial charge in [0.1, 0.15) is 0 Å². The molecule has 0 spiro atoms. The quantitative estimate of drug-likeness (QED) is 0.640. The van der Waals surface area contributed by atoms with Crippen LogP contribution in [0.5, 0.6) is 0 Å². The van der Waals surface area contributed by atoms with Crippen molar-refractivity contribution in [3.05, 3.63) is 16.8 Å². The van der Waals surface area contributed by atoms with Crippen LogP contribution in [0.15, 0.2) is 15.5 Å². The fourth-order valence-corrected chi connectivity index (χ4v) is 6.97. The molecule has 30 heavy (non-hydrogen) atoms. The second-order valence-electron chi connectivity index (χ2n) is 7.97. The largest absolute Gasteiger partial charge is 0.343 e. The van der Waals surface area contributed by atoms with E-state index in [0.29, 0.717) is 53.4 Å². The Morgan fingerprint density at radius 1 is 1.30 bits per heavy atom. The summed E-state index contributed by atoms with van der Waals surface area (Å²) in [4.78, 5) is 20.6. The predicted molar refractivity (Wildman–Crippen MR) is 114 cm³/mol. The van der Waals surface area contributed by atoms with Gasteiger partial charge >= 0.3 is 0 Å². The van der Waals surface area contributed by atoms with E-state index >= 15 is 0 Å². The highest BCUT2D eigenvalue weighted by atomic mass is 32.2. The normalized spacial score (nSPS) is 20.4. The average Bonchev–Trinajstić information content (AvgIpc) is 3.33. The van der Waals surface area contributed by atoms with Crippen LogP contribution in [-0.4, -0.2) is 59.8 Å². The summed E-state index contributed by atoms with van der Waals surface area (Å²) in [7, 11) is -3.70. The molecule has 1 aliphatic carbocycles. The third-order valence-electron chi connectivity index (χ3n) is 5.89. The second-order valence-corrected chi connectivity index (χ2v) is 11.1. The van der Waals surface area contributed by atoms with Gasteiger partial charge in [0.05, 0.1) is 15.7 Å². The lowest BCUT2D eigenvalue weighted by Gasteiger charge is -2.33. The van der Waals surface area contributed by atoms with Gasteiger partial charge in [-0.15, -0.1) is 11.3 Å². The van der Waals surface area contributed by atoms with Gasteiger partial charge in [-0.25, -0.2) is 8.42 Å². The van der Waals surface area contributed by atoms with E-state index in [4.69, 9.17) is 4.52 Å². The van der Waals surface area contributed by atoms with Gasteiger partial charge in [0.2, 0.25) is 27.6 Å². The molecule has 0 bridgehead atoms. The number of piperidine rings is 1. The van der Waals surface area contributed by atoms with E-state index in [1.807, 2.05) is 13.8 Å². The first kappa shape index (κ1) is 21.5. The number of rotatable bonds is 7. The predicted octanol–water partition coefficient (Wildman–Crippen LogP) is 3.25. The molecular formula is C20H28N4O4S2. The van der Waals surface area contributed by atoms with E-state index in [0.717, 1.165) is 19.3 Å². The molecule has 0 N–H and O–H groups in total. The number of hydrogen-bond donors (Lipinski definition) is 0. The Morgan fingerprint density at radius 2 is 2.03 bits per heavy atom. The molecular weight excluding hydrogens is 424 g/mol. The fourth-order valence-electron chi connectivity index (χ4n) is 3.96. The van der Waals surface area contributed by atoms with Crippen molar-refractivity contribution < 1.29 is 17.7 Å². The lowest BCUT2D eigenvalue weighted by molar-refractivity contribution is -0.136. The summed E-state index contributed by atoms with van der Waals surface area (Å²) < 4.78 is 33.6. The molecule has 2 aromatic heterocycles. The van der Waals surface area contributed by atoms with Gasteiger partial charge < -0.3 is 9.42 Å². The Labute approximate surface area is 181 Å². The number of carbonyl (C=O) groups excluding carboxylic acids is 1.